The molecule has 6 aromatic rings. The Balaban J connectivity index is 0.000000153. The van der Waals surface area contributed by atoms with Crippen LogP contribution in [0.4, 0.5) is 11.4 Å². The van der Waals surface area contributed by atoms with Gasteiger partial charge < -0.3 is 9.80 Å². The third kappa shape index (κ3) is 8.40. The molecule has 4 amide bonds. The number of hydrogen-bond donors (Lipinski definition) is 1. The van der Waals surface area contributed by atoms with Crippen molar-refractivity contribution < 1.29 is 19.2 Å². The lowest BCUT2D eigenvalue weighted by Gasteiger charge is -2.20. The van der Waals surface area contributed by atoms with E-state index in [2.05, 4.69) is 25.3 Å². The normalized spacial score (nSPS) is 14.1. The van der Waals surface area contributed by atoms with Gasteiger partial charge in [0.15, 0.2) is 11.3 Å². The SMILES string of the molecule is Cc1c(Cl)cccc1N1CN(C(=O)CCl)CC1=O.Cc1c(Cl)cccc1N1CN(C(=O)Cn2cc3cccnc3n2)CC1=O.c1cnc2[nH]ncc2c1. The number of fused-ring (bicyclic) bond motifs is 2. The Morgan fingerprint density at radius 1 is 0.755 bits per heavy atom. The van der Waals surface area contributed by atoms with Crippen LogP contribution in [0.25, 0.3) is 22.1 Å². The van der Waals surface area contributed by atoms with Crippen molar-refractivity contribution in [2.24, 2.45) is 0 Å². The summed E-state index contributed by atoms with van der Waals surface area (Å²) in [5.74, 6) is -0.786. The number of rotatable bonds is 5. The molecule has 272 valence electrons. The van der Waals surface area contributed by atoms with Gasteiger partial charge in [-0.15, -0.1) is 11.6 Å². The van der Waals surface area contributed by atoms with Crippen LogP contribution in [0.5, 0.6) is 0 Å². The molecule has 53 heavy (non-hydrogen) atoms. The van der Waals surface area contributed by atoms with Gasteiger partial charge in [-0.2, -0.15) is 10.2 Å². The highest BCUT2D eigenvalue weighted by Gasteiger charge is 2.33. The summed E-state index contributed by atoms with van der Waals surface area (Å²) in [5, 5.41) is 14.0. The predicted octanol–water partition coefficient (Wildman–Crippen LogP) is 5.20. The predicted molar refractivity (Wildman–Crippen MR) is 203 cm³/mol. The lowest BCUT2D eigenvalue weighted by molar-refractivity contribution is -0.132. The summed E-state index contributed by atoms with van der Waals surface area (Å²) in [4.78, 5) is 62.7. The third-order valence-electron chi connectivity index (χ3n) is 8.60. The Bertz CT molecular complexity index is 2250. The maximum Gasteiger partial charge on any atom is 0.248 e. The van der Waals surface area contributed by atoms with Gasteiger partial charge in [0.25, 0.3) is 0 Å². The highest BCUT2D eigenvalue weighted by Crippen LogP contribution is 2.30. The van der Waals surface area contributed by atoms with Crippen molar-refractivity contribution in [3.05, 3.63) is 107 Å². The first-order valence-electron chi connectivity index (χ1n) is 16.3. The molecule has 2 fully saturated rings. The number of aromatic amines is 1. The van der Waals surface area contributed by atoms with Crippen LogP contribution in [-0.2, 0) is 25.7 Å². The number of carbonyl (C=O) groups excluding carboxylic acids is 4. The van der Waals surface area contributed by atoms with Crippen LogP contribution < -0.4 is 9.80 Å². The molecule has 2 aliphatic rings. The molecule has 2 aromatic carbocycles. The van der Waals surface area contributed by atoms with E-state index in [1.807, 2.05) is 50.2 Å². The molecule has 0 saturated carbocycles. The van der Waals surface area contributed by atoms with E-state index in [0.29, 0.717) is 15.7 Å². The fourth-order valence-electron chi connectivity index (χ4n) is 5.72. The number of H-pyrrole nitrogens is 1. The highest BCUT2D eigenvalue weighted by molar-refractivity contribution is 6.32. The molecule has 17 heteroatoms. The highest BCUT2D eigenvalue weighted by atomic mass is 35.5. The lowest BCUT2D eigenvalue weighted by atomic mass is 10.2. The lowest BCUT2D eigenvalue weighted by Crippen LogP contribution is -2.34. The minimum Gasteiger partial charge on any atom is -0.314 e. The van der Waals surface area contributed by atoms with Gasteiger partial charge in [0.1, 0.15) is 38.9 Å². The first-order chi connectivity index (χ1) is 25.5. The quantitative estimate of drug-likeness (QED) is 0.235. The van der Waals surface area contributed by atoms with Gasteiger partial charge in [-0.05, 0) is 73.5 Å². The molecule has 8 rings (SSSR count). The van der Waals surface area contributed by atoms with Gasteiger partial charge in [0, 0.05) is 50.8 Å². The number of pyridine rings is 2. The Morgan fingerprint density at radius 2 is 1.32 bits per heavy atom. The van der Waals surface area contributed by atoms with E-state index in [4.69, 9.17) is 34.8 Å². The smallest absolute Gasteiger partial charge is 0.248 e. The average Bonchev–Trinajstić information content (AvgIpc) is 3.97. The van der Waals surface area contributed by atoms with Crippen molar-refractivity contribution in [1.29, 1.82) is 0 Å². The van der Waals surface area contributed by atoms with Gasteiger partial charge in [0.2, 0.25) is 23.6 Å². The van der Waals surface area contributed by atoms with E-state index in [-0.39, 0.29) is 62.5 Å². The molecule has 4 aromatic heterocycles. The van der Waals surface area contributed by atoms with Gasteiger partial charge >= 0.3 is 0 Å². The van der Waals surface area contributed by atoms with Gasteiger partial charge in [-0.3, -0.25) is 38.8 Å². The van der Waals surface area contributed by atoms with Crippen LogP contribution in [0.15, 0.2) is 85.5 Å². The second-order valence-electron chi connectivity index (χ2n) is 12.1. The zero-order valence-corrected chi connectivity index (χ0v) is 30.9. The number of anilines is 2. The summed E-state index contributed by atoms with van der Waals surface area (Å²) < 4.78 is 1.55. The molecule has 6 heterocycles. The summed E-state index contributed by atoms with van der Waals surface area (Å²) >= 11 is 17.7. The zero-order valence-electron chi connectivity index (χ0n) is 28.6. The van der Waals surface area contributed by atoms with E-state index in [1.165, 1.54) is 9.80 Å². The number of hydrogen-bond acceptors (Lipinski definition) is 8. The minimum absolute atomic E-state index is 0.0455. The van der Waals surface area contributed by atoms with Crippen molar-refractivity contribution in [3.63, 3.8) is 0 Å². The van der Waals surface area contributed by atoms with E-state index in [9.17, 15) is 19.2 Å². The second kappa shape index (κ2) is 16.4. The van der Waals surface area contributed by atoms with Gasteiger partial charge in [0.05, 0.1) is 6.20 Å². The molecular formula is C36H33Cl3N10O4. The third-order valence-corrected chi connectivity index (χ3v) is 9.64. The summed E-state index contributed by atoms with van der Waals surface area (Å²) in [6.07, 6.45) is 6.92. The topological polar surface area (TPSA) is 154 Å². The molecule has 0 radical (unpaired) electrons. The van der Waals surface area contributed by atoms with Crippen LogP contribution in [-0.4, -0.2) is 95.7 Å². The molecule has 0 aliphatic carbocycles. The molecule has 0 bridgehead atoms. The molecule has 2 aliphatic heterocycles. The Labute approximate surface area is 318 Å². The zero-order chi connectivity index (χ0) is 37.6. The number of amides is 4. The summed E-state index contributed by atoms with van der Waals surface area (Å²) in [6, 6.07) is 18.3. The number of aromatic nitrogens is 6. The monoisotopic (exact) mass is 774 g/mol. The van der Waals surface area contributed by atoms with Crippen molar-refractivity contribution in [1.82, 2.24) is 39.7 Å². The number of halogens is 3. The van der Waals surface area contributed by atoms with Crippen molar-refractivity contribution in [2.45, 2.75) is 20.4 Å². The maximum atomic E-state index is 12.6. The molecule has 2 saturated heterocycles. The Hall–Kier alpha value is -5.57. The first kappa shape index (κ1) is 37.2. The molecule has 0 spiro atoms. The maximum absolute atomic E-state index is 12.6. The van der Waals surface area contributed by atoms with E-state index in [1.54, 1.807) is 63.5 Å². The molecule has 1 N–H and O–H groups in total. The number of nitrogens with one attached hydrogen (secondary N) is 1. The number of carbonyl (C=O) groups is 4. The number of benzene rings is 2. The minimum atomic E-state index is -0.243. The summed E-state index contributed by atoms with van der Waals surface area (Å²) in [7, 11) is 0. The second-order valence-corrected chi connectivity index (χ2v) is 13.1. The van der Waals surface area contributed by atoms with Gasteiger partial charge in [-0.1, -0.05) is 35.3 Å². The Morgan fingerprint density at radius 3 is 1.89 bits per heavy atom. The fraction of sp³-hybridized carbons (Fsp3) is 0.222. The fourth-order valence-corrected chi connectivity index (χ4v) is 6.22. The van der Waals surface area contributed by atoms with Crippen molar-refractivity contribution in [2.75, 3.05) is 42.1 Å². The van der Waals surface area contributed by atoms with Crippen LogP contribution >= 0.6 is 34.8 Å². The molecular weight excluding hydrogens is 743 g/mol. The van der Waals surface area contributed by atoms with Crippen LogP contribution in [0.2, 0.25) is 10.0 Å². The van der Waals surface area contributed by atoms with Gasteiger partial charge in [-0.25, -0.2) is 9.97 Å². The summed E-state index contributed by atoms with van der Waals surface area (Å²) in [5.41, 5.74) is 4.55. The van der Waals surface area contributed by atoms with Crippen LogP contribution in [0.1, 0.15) is 11.1 Å². The van der Waals surface area contributed by atoms with E-state index < -0.39 is 0 Å². The summed E-state index contributed by atoms with van der Waals surface area (Å²) in [6.45, 7) is 4.31. The van der Waals surface area contributed by atoms with Crippen molar-refractivity contribution >= 4 is 91.9 Å². The first-order valence-corrected chi connectivity index (χ1v) is 17.6. The average molecular weight is 776 g/mol. The molecule has 0 atom stereocenters. The van der Waals surface area contributed by atoms with E-state index >= 15 is 0 Å². The standard InChI is InChI=1S/C18H16ClN5O2.C12H12Cl2N2O2.C6H5N3/c1-12-14(19)5-2-6-15(12)24-11-22(9-17(24)26)16(25)10-23-8-13-4-3-7-20-18(13)21-23;1-8-9(14)3-2-4-10(8)16-7-15(6-12(16)18)11(17)5-13;1-2-5-4-8-9-6(5)7-3-1/h2-8H,9-11H2,1H3;2-4H,5-7H2,1H3;1-4H,(H,7,8,9). The number of nitrogens with zero attached hydrogens (tertiary/aromatic N) is 9. The van der Waals surface area contributed by atoms with Crippen LogP contribution in [0.3, 0.4) is 0 Å². The van der Waals surface area contributed by atoms with Crippen molar-refractivity contribution in [3.8, 4) is 0 Å². The molecule has 14 nitrogen and oxygen atoms in total. The molecule has 0 unspecified atom stereocenters. The largest absolute Gasteiger partial charge is 0.314 e. The van der Waals surface area contributed by atoms with Crippen LogP contribution in [0, 0.1) is 13.8 Å². The number of alkyl halides is 1. The Kier molecular flexibility index (Phi) is 11.5. The van der Waals surface area contributed by atoms with E-state index in [0.717, 1.165) is 38.9 Å².